The van der Waals surface area contributed by atoms with Gasteiger partial charge in [0, 0.05) is 30.7 Å². The number of nitriles is 1. The van der Waals surface area contributed by atoms with E-state index in [1.54, 1.807) is 18.3 Å². The minimum atomic E-state index is -0.197. The van der Waals surface area contributed by atoms with Crippen LogP contribution in [0.3, 0.4) is 0 Å². The van der Waals surface area contributed by atoms with Crippen molar-refractivity contribution in [3.63, 3.8) is 0 Å². The molecular formula is C27H27N5O2S. The molecule has 0 unspecified atom stereocenters. The number of nitrogens with one attached hydrogen (secondary N) is 1. The molecule has 3 aromatic rings. The first kappa shape index (κ1) is 23.2. The quantitative estimate of drug-likeness (QED) is 0.516. The maximum Gasteiger partial charge on any atom is 0.255 e. The smallest absolute Gasteiger partial charge is 0.255 e. The van der Waals surface area contributed by atoms with Gasteiger partial charge in [-0.25, -0.2) is 4.98 Å². The summed E-state index contributed by atoms with van der Waals surface area (Å²) in [6.07, 6.45) is 7.53. The second kappa shape index (κ2) is 10.4. The highest BCUT2D eigenvalue weighted by Gasteiger charge is 2.27. The molecule has 2 amide bonds. The van der Waals surface area contributed by atoms with E-state index in [4.69, 9.17) is 0 Å². The maximum absolute atomic E-state index is 13.0. The number of hydrogen-bond donors (Lipinski definition) is 1. The van der Waals surface area contributed by atoms with E-state index >= 15 is 0 Å². The average molecular weight is 486 g/mol. The average Bonchev–Trinajstić information content (AvgIpc) is 3.54. The summed E-state index contributed by atoms with van der Waals surface area (Å²) >= 11 is 1.31. The largest absolute Gasteiger partial charge is 0.339 e. The molecule has 0 atom stereocenters. The van der Waals surface area contributed by atoms with Gasteiger partial charge < -0.3 is 10.2 Å². The number of nitrogens with zero attached hydrogens (tertiary/aromatic N) is 4. The minimum absolute atomic E-state index is 0.0129. The fourth-order valence-electron chi connectivity index (χ4n) is 4.90. The van der Waals surface area contributed by atoms with E-state index in [9.17, 15) is 14.9 Å². The van der Waals surface area contributed by atoms with Gasteiger partial charge in [0.25, 0.3) is 5.91 Å². The molecule has 35 heavy (non-hydrogen) atoms. The van der Waals surface area contributed by atoms with Crippen LogP contribution in [0, 0.1) is 11.3 Å². The Kier molecular flexibility index (Phi) is 6.87. The van der Waals surface area contributed by atoms with Crippen molar-refractivity contribution in [2.75, 3.05) is 24.2 Å². The Hall–Kier alpha value is -3.57. The summed E-state index contributed by atoms with van der Waals surface area (Å²) in [5, 5.41) is 13.6. The summed E-state index contributed by atoms with van der Waals surface area (Å²) in [5.74, 6) is 0.522. The molecule has 3 heterocycles. The number of benzene rings is 1. The van der Waals surface area contributed by atoms with Crippen molar-refractivity contribution in [2.24, 2.45) is 0 Å². The van der Waals surface area contributed by atoms with Gasteiger partial charge in [0.1, 0.15) is 11.9 Å². The Balaban J connectivity index is 1.31. The summed E-state index contributed by atoms with van der Waals surface area (Å²) in [7, 11) is 0. The third kappa shape index (κ3) is 4.82. The number of thioether (sulfide) groups is 1. The molecule has 8 heteroatoms. The van der Waals surface area contributed by atoms with Crippen molar-refractivity contribution in [3.8, 4) is 11.8 Å². The van der Waals surface area contributed by atoms with Crippen LogP contribution in [0.25, 0.3) is 5.69 Å². The van der Waals surface area contributed by atoms with Crippen LogP contribution in [0.5, 0.6) is 0 Å². The first-order valence-electron chi connectivity index (χ1n) is 12.1. The lowest BCUT2D eigenvalue weighted by atomic mass is 9.95. The number of hydrogen-bond acceptors (Lipinski definition) is 5. The normalized spacial score (nSPS) is 14.9. The SMILES string of the molecule is N#Cc1c2c(n(-c3ccccc3)c1NC(=O)CSc1ccc(C(=O)N3CCCC3)cn1)CCCC2. The number of para-hydroxylation sites is 1. The molecule has 2 aliphatic rings. The number of carbonyl (C=O) groups is 2. The Bertz CT molecular complexity index is 1270. The summed E-state index contributed by atoms with van der Waals surface area (Å²) in [5.41, 5.74) is 4.23. The highest BCUT2D eigenvalue weighted by molar-refractivity contribution is 7.99. The van der Waals surface area contributed by atoms with Crippen LogP contribution < -0.4 is 5.32 Å². The Morgan fingerprint density at radius 3 is 2.51 bits per heavy atom. The summed E-state index contributed by atoms with van der Waals surface area (Å²) in [4.78, 5) is 31.7. The molecule has 1 saturated heterocycles. The highest BCUT2D eigenvalue weighted by atomic mass is 32.2. The van der Waals surface area contributed by atoms with E-state index in [-0.39, 0.29) is 17.6 Å². The number of amides is 2. The number of anilines is 1. The van der Waals surface area contributed by atoms with Crippen molar-refractivity contribution in [3.05, 3.63) is 71.0 Å². The number of aromatic nitrogens is 2. The monoisotopic (exact) mass is 485 g/mol. The molecule has 1 aromatic carbocycles. The molecule has 1 aliphatic heterocycles. The number of rotatable bonds is 6. The van der Waals surface area contributed by atoms with E-state index < -0.39 is 0 Å². The molecule has 0 radical (unpaired) electrons. The van der Waals surface area contributed by atoms with Crippen LogP contribution in [0.4, 0.5) is 5.82 Å². The van der Waals surface area contributed by atoms with Crippen LogP contribution in [0.2, 0.25) is 0 Å². The van der Waals surface area contributed by atoms with E-state index in [1.807, 2.05) is 39.8 Å². The van der Waals surface area contributed by atoms with Crippen LogP contribution in [-0.4, -0.2) is 45.1 Å². The number of likely N-dealkylation sites (tertiary alicyclic amines) is 1. The van der Waals surface area contributed by atoms with Gasteiger partial charge in [-0.3, -0.25) is 14.2 Å². The summed E-state index contributed by atoms with van der Waals surface area (Å²) in [6.45, 7) is 1.60. The molecule has 1 N–H and O–H groups in total. The number of fused-ring (bicyclic) bond motifs is 1. The standard InChI is InChI=1S/C27H27N5O2S/c28-16-22-21-10-4-5-11-23(21)32(20-8-2-1-3-9-20)26(22)30-24(33)18-35-25-13-12-19(17-29-25)27(34)31-14-6-7-15-31/h1-3,8-9,12-13,17H,4-7,10-11,14-15,18H2,(H,30,33). The topological polar surface area (TPSA) is 91.0 Å². The van der Waals surface area contributed by atoms with Gasteiger partial charge in [-0.2, -0.15) is 5.26 Å². The fourth-order valence-corrected chi connectivity index (χ4v) is 5.54. The zero-order valence-electron chi connectivity index (χ0n) is 19.5. The third-order valence-corrected chi connectivity index (χ3v) is 7.53. The second-order valence-corrected chi connectivity index (χ2v) is 9.86. The summed E-state index contributed by atoms with van der Waals surface area (Å²) in [6, 6.07) is 15.8. The van der Waals surface area contributed by atoms with Crippen molar-refractivity contribution in [1.29, 1.82) is 5.26 Å². The first-order chi connectivity index (χ1) is 17.2. The molecule has 7 nitrogen and oxygen atoms in total. The predicted molar refractivity (Wildman–Crippen MR) is 136 cm³/mol. The van der Waals surface area contributed by atoms with Gasteiger partial charge >= 0.3 is 0 Å². The molecule has 178 valence electrons. The molecular weight excluding hydrogens is 458 g/mol. The molecule has 1 fully saturated rings. The van der Waals surface area contributed by atoms with Crippen molar-refractivity contribution < 1.29 is 9.59 Å². The fraction of sp³-hybridized carbons (Fsp3) is 0.333. The molecule has 1 aliphatic carbocycles. The molecule has 5 rings (SSSR count). The van der Waals surface area contributed by atoms with Crippen LogP contribution in [0.1, 0.15) is 52.9 Å². The van der Waals surface area contributed by atoms with Gasteiger partial charge in [0.2, 0.25) is 5.91 Å². The number of carbonyl (C=O) groups excluding carboxylic acids is 2. The minimum Gasteiger partial charge on any atom is -0.339 e. The lowest BCUT2D eigenvalue weighted by Gasteiger charge is -2.17. The molecule has 0 saturated carbocycles. The summed E-state index contributed by atoms with van der Waals surface area (Å²) < 4.78 is 2.03. The molecule has 0 bridgehead atoms. The zero-order valence-corrected chi connectivity index (χ0v) is 20.3. The highest BCUT2D eigenvalue weighted by Crippen LogP contribution is 2.35. The Morgan fingerprint density at radius 1 is 1.03 bits per heavy atom. The van der Waals surface area contributed by atoms with Crippen molar-refractivity contribution in [2.45, 2.75) is 43.6 Å². The van der Waals surface area contributed by atoms with E-state index in [0.29, 0.717) is 22.0 Å². The van der Waals surface area contributed by atoms with Crippen molar-refractivity contribution >= 4 is 29.4 Å². The van der Waals surface area contributed by atoms with Gasteiger partial charge in [0.15, 0.2) is 0 Å². The van der Waals surface area contributed by atoms with E-state index in [2.05, 4.69) is 16.4 Å². The van der Waals surface area contributed by atoms with Gasteiger partial charge in [-0.15, -0.1) is 0 Å². The lowest BCUT2D eigenvalue weighted by Crippen LogP contribution is -2.27. The van der Waals surface area contributed by atoms with Crippen LogP contribution in [-0.2, 0) is 17.6 Å². The van der Waals surface area contributed by atoms with Crippen LogP contribution >= 0.6 is 11.8 Å². The predicted octanol–water partition coefficient (Wildman–Crippen LogP) is 4.59. The Labute approximate surface area is 209 Å². The maximum atomic E-state index is 13.0. The Morgan fingerprint density at radius 2 is 1.80 bits per heavy atom. The van der Waals surface area contributed by atoms with Gasteiger partial charge in [-0.05, 0) is 68.4 Å². The van der Waals surface area contributed by atoms with Crippen molar-refractivity contribution in [1.82, 2.24) is 14.5 Å². The molecule has 0 spiro atoms. The third-order valence-electron chi connectivity index (χ3n) is 6.58. The lowest BCUT2D eigenvalue weighted by molar-refractivity contribution is -0.113. The van der Waals surface area contributed by atoms with Gasteiger partial charge in [0.05, 0.1) is 21.9 Å². The second-order valence-electron chi connectivity index (χ2n) is 8.86. The van der Waals surface area contributed by atoms with Crippen LogP contribution in [0.15, 0.2) is 53.7 Å². The molecule has 2 aromatic heterocycles. The first-order valence-corrected chi connectivity index (χ1v) is 13.0. The number of pyridine rings is 1. The zero-order chi connectivity index (χ0) is 24.2. The van der Waals surface area contributed by atoms with E-state index in [1.165, 1.54) is 11.8 Å². The van der Waals surface area contributed by atoms with E-state index in [0.717, 1.165) is 68.6 Å². The van der Waals surface area contributed by atoms with Gasteiger partial charge in [-0.1, -0.05) is 30.0 Å².